The smallest absolute Gasteiger partial charge is 0.315 e. The van der Waals surface area contributed by atoms with E-state index in [2.05, 4.69) is 31.9 Å². The molecule has 1 aromatic rings. The van der Waals surface area contributed by atoms with Crippen LogP contribution in [0, 0.1) is 5.92 Å². The molecule has 6 N–H and O–H groups in total. The largest absolute Gasteiger partial charge is 0.347 e. The molecule has 0 saturated carbocycles. The number of hydrogen-bond donors (Lipinski definition) is 6. The zero-order valence-corrected chi connectivity index (χ0v) is 29.8. The summed E-state index contributed by atoms with van der Waals surface area (Å²) in [6.45, 7) is 11.0. The normalized spacial score (nSPS) is 20.9. The van der Waals surface area contributed by atoms with E-state index in [9.17, 15) is 33.6 Å². The number of carbonyl (C=O) groups is 7. The molecular formula is C34H52N8O7. The number of nitrogens with one attached hydrogen (secondary N) is 6. The Balaban J connectivity index is 1.67. The number of benzene rings is 1. The van der Waals surface area contributed by atoms with Crippen LogP contribution >= 0.6 is 0 Å². The molecule has 0 aromatic heterocycles. The van der Waals surface area contributed by atoms with Crippen LogP contribution in [0.3, 0.4) is 0 Å². The van der Waals surface area contributed by atoms with Crippen molar-refractivity contribution in [3.63, 3.8) is 0 Å². The van der Waals surface area contributed by atoms with Crippen LogP contribution in [-0.4, -0.2) is 114 Å². The maximum atomic E-state index is 13.8. The molecule has 6 atom stereocenters. The monoisotopic (exact) mass is 684 g/mol. The lowest BCUT2D eigenvalue weighted by atomic mass is 9.94. The van der Waals surface area contributed by atoms with E-state index in [1.807, 2.05) is 34.6 Å². The predicted octanol–water partition coefficient (Wildman–Crippen LogP) is -0.0325. The number of urea groups is 1. The van der Waals surface area contributed by atoms with E-state index in [0.717, 1.165) is 0 Å². The summed E-state index contributed by atoms with van der Waals surface area (Å²) in [7, 11) is 3.11. The molecule has 3 rings (SSSR count). The molecule has 7 amide bonds. The molecule has 0 radical (unpaired) electrons. The van der Waals surface area contributed by atoms with E-state index >= 15 is 0 Å². The first-order valence-corrected chi connectivity index (χ1v) is 16.7. The molecule has 270 valence electrons. The third-order valence-corrected chi connectivity index (χ3v) is 8.77. The van der Waals surface area contributed by atoms with Crippen LogP contribution in [-0.2, 0) is 28.8 Å². The standard InChI is InChI=1S/C34H52N8O7/c1-9-20(2)24(26(44)29(46)35-18-23(43)37-25(30(47)41(7)8)21-14-11-10-12-15-21)38-28(45)22-16-13-17-42(22)31(48)27(34(6)19-36-34)39-32(49)40-33(3,4)5/h10-12,14-15,20,22,24-25,27,36H,9,13,16-19H2,1-8H3,(H,35,46)(H,37,43)(H,38,45)(H2,39,40,49). The maximum Gasteiger partial charge on any atom is 0.315 e. The second-order valence-electron chi connectivity index (χ2n) is 14.3. The van der Waals surface area contributed by atoms with Gasteiger partial charge in [0.2, 0.25) is 29.4 Å². The molecular weight excluding hydrogens is 632 g/mol. The average Bonchev–Trinajstić information content (AvgIpc) is 3.59. The topological polar surface area (TPSA) is 208 Å². The van der Waals surface area contributed by atoms with E-state index < -0.39 is 83.2 Å². The average molecular weight is 685 g/mol. The summed E-state index contributed by atoms with van der Waals surface area (Å²) in [6.07, 6.45) is 1.32. The van der Waals surface area contributed by atoms with Gasteiger partial charge in [-0.05, 0) is 52.0 Å². The Morgan fingerprint density at radius 1 is 1.02 bits per heavy atom. The summed E-state index contributed by atoms with van der Waals surface area (Å²) < 4.78 is 0. The molecule has 0 bridgehead atoms. The molecule has 2 saturated heterocycles. The number of likely N-dealkylation sites (N-methyl/N-ethyl adjacent to an activating group) is 1. The van der Waals surface area contributed by atoms with Crippen molar-refractivity contribution in [3.05, 3.63) is 35.9 Å². The highest BCUT2D eigenvalue weighted by Gasteiger charge is 2.52. The van der Waals surface area contributed by atoms with E-state index in [0.29, 0.717) is 31.4 Å². The third-order valence-electron chi connectivity index (χ3n) is 8.77. The van der Waals surface area contributed by atoms with Crippen molar-refractivity contribution in [1.29, 1.82) is 0 Å². The molecule has 2 aliphatic rings. The second kappa shape index (κ2) is 16.2. The summed E-state index contributed by atoms with van der Waals surface area (Å²) in [6, 6.07) is 4.03. The van der Waals surface area contributed by atoms with Gasteiger partial charge in [-0.3, -0.25) is 28.8 Å². The molecule has 15 heteroatoms. The van der Waals surface area contributed by atoms with E-state index in [1.165, 1.54) is 9.80 Å². The molecule has 15 nitrogen and oxygen atoms in total. The van der Waals surface area contributed by atoms with Gasteiger partial charge in [0.05, 0.1) is 18.1 Å². The third kappa shape index (κ3) is 10.5. The van der Waals surface area contributed by atoms with Gasteiger partial charge in [0.15, 0.2) is 0 Å². The Hall–Kier alpha value is -4.53. The first-order valence-electron chi connectivity index (χ1n) is 16.7. The summed E-state index contributed by atoms with van der Waals surface area (Å²) in [4.78, 5) is 94.9. The Morgan fingerprint density at radius 3 is 2.20 bits per heavy atom. The van der Waals surface area contributed by atoms with Crippen molar-refractivity contribution in [2.75, 3.05) is 33.7 Å². The highest BCUT2D eigenvalue weighted by molar-refractivity contribution is 6.38. The highest BCUT2D eigenvalue weighted by Crippen LogP contribution is 2.27. The fourth-order valence-electron chi connectivity index (χ4n) is 5.56. The Labute approximate surface area is 288 Å². The summed E-state index contributed by atoms with van der Waals surface area (Å²) >= 11 is 0. The van der Waals surface area contributed by atoms with E-state index in [1.54, 1.807) is 51.4 Å². The zero-order chi connectivity index (χ0) is 36.7. The summed E-state index contributed by atoms with van der Waals surface area (Å²) in [5.41, 5.74) is -0.667. The second-order valence-corrected chi connectivity index (χ2v) is 14.3. The number of ketones is 1. The van der Waals surface area contributed by atoms with Gasteiger partial charge in [-0.25, -0.2) is 4.79 Å². The zero-order valence-electron chi connectivity index (χ0n) is 29.8. The minimum Gasteiger partial charge on any atom is -0.347 e. The molecule has 1 aromatic carbocycles. The molecule has 2 heterocycles. The molecule has 2 aliphatic heterocycles. The molecule has 2 fully saturated rings. The highest BCUT2D eigenvalue weighted by atomic mass is 16.2. The van der Waals surface area contributed by atoms with Crippen molar-refractivity contribution < 1.29 is 33.6 Å². The van der Waals surface area contributed by atoms with Crippen molar-refractivity contribution in [3.8, 4) is 0 Å². The van der Waals surface area contributed by atoms with Gasteiger partial charge in [-0.15, -0.1) is 0 Å². The number of amides is 7. The number of nitrogens with zero attached hydrogens (tertiary/aromatic N) is 2. The lowest BCUT2D eigenvalue weighted by Gasteiger charge is -2.33. The minimum atomic E-state index is -1.22. The van der Waals surface area contributed by atoms with Crippen LogP contribution in [0.25, 0.3) is 0 Å². The number of hydrogen-bond acceptors (Lipinski definition) is 8. The molecule has 49 heavy (non-hydrogen) atoms. The number of rotatable bonds is 14. The quantitative estimate of drug-likeness (QED) is 0.116. The molecule has 0 aliphatic carbocycles. The lowest BCUT2D eigenvalue weighted by molar-refractivity contribution is -0.144. The number of carbonyl (C=O) groups excluding carboxylic acids is 7. The SMILES string of the molecule is CCC(C)C(NC(=O)C1CCCN1C(=O)C(NC(=O)NC(C)(C)C)C1(C)CN1)C(=O)C(=O)NCC(=O)NC(C(=O)N(C)C)c1ccccc1. The Bertz CT molecular complexity index is 1410. The van der Waals surface area contributed by atoms with Crippen LogP contribution in [0.4, 0.5) is 4.79 Å². The number of likely N-dealkylation sites (tertiary alicyclic amines) is 1. The van der Waals surface area contributed by atoms with Crippen LogP contribution in [0.15, 0.2) is 30.3 Å². The van der Waals surface area contributed by atoms with Crippen LogP contribution < -0.4 is 31.9 Å². The van der Waals surface area contributed by atoms with Gasteiger partial charge in [0, 0.05) is 32.7 Å². The first kappa shape index (κ1) is 38.9. The maximum absolute atomic E-state index is 13.8. The van der Waals surface area contributed by atoms with Gasteiger partial charge in [0.25, 0.3) is 5.91 Å². The molecule has 0 spiro atoms. The van der Waals surface area contributed by atoms with Gasteiger partial charge >= 0.3 is 6.03 Å². The first-order chi connectivity index (χ1) is 22.9. The fourth-order valence-corrected chi connectivity index (χ4v) is 5.56. The van der Waals surface area contributed by atoms with Crippen LogP contribution in [0.5, 0.6) is 0 Å². The van der Waals surface area contributed by atoms with Crippen molar-refractivity contribution in [1.82, 2.24) is 41.7 Å². The van der Waals surface area contributed by atoms with E-state index in [-0.39, 0.29) is 12.5 Å². The van der Waals surface area contributed by atoms with Crippen molar-refractivity contribution >= 4 is 41.4 Å². The summed E-state index contributed by atoms with van der Waals surface area (Å²) in [5, 5.41) is 16.3. The van der Waals surface area contributed by atoms with Gasteiger partial charge in [0.1, 0.15) is 18.1 Å². The van der Waals surface area contributed by atoms with Crippen molar-refractivity contribution in [2.24, 2.45) is 5.92 Å². The fraction of sp³-hybridized carbons (Fsp3) is 0.618. The number of Topliss-reactive ketones (excluding diaryl/α,β-unsaturated/α-hetero) is 1. The van der Waals surface area contributed by atoms with Crippen LogP contribution in [0.2, 0.25) is 0 Å². The Kier molecular flexibility index (Phi) is 12.9. The summed E-state index contributed by atoms with van der Waals surface area (Å²) in [5.74, 6) is -4.54. The Morgan fingerprint density at radius 2 is 1.65 bits per heavy atom. The van der Waals surface area contributed by atoms with Gasteiger partial charge in [-0.2, -0.15) is 0 Å². The predicted molar refractivity (Wildman–Crippen MR) is 182 cm³/mol. The molecule has 6 unspecified atom stereocenters. The van der Waals surface area contributed by atoms with Crippen LogP contribution in [0.1, 0.15) is 72.4 Å². The van der Waals surface area contributed by atoms with E-state index in [4.69, 9.17) is 0 Å². The lowest BCUT2D eigenvalue weighted by Crippen LogP contribution is -2.62. The van der Waals surface area contributed by atoms with Crippen molar-refractivity contribution in [2.45, 2.75) is 96.1 Å². The van der Waals surface area contributed by atoms with Gasteiger partial charge < -0.3 is 41.7 Å². The van der Waals surface area contributed by atoms with Gasteiger partial charge in [-0.1, -0.05) is 50.6 Å². The minimum absolute atomic E-state index is 0.282.